The van der Waals surface area contributed by atoms with Crippen LogP contribution in [-0.4, -0.2) is 52.1 Å². The molecule has 44 heavy (non-hydrogen) atoms. The van der Waals surface area contributed by atoms with Crippen molar-refractivity contribution in [2.75, 3.05) is 5.32 Å². The lowest BCUT2D eigenvalue weighted by molar-refractivity contribution is -0.155. The topological polar surface area (TPSA) is 137 Å². The maximum absolute atomic E-state index is 13.2. The number of ether oxygens (including phenoxy) is 1. The van der Waals surface area contributed by atoms with E-state index in [-0.39, 0.29) is 41.6 Å². The van der Waals surface area contributed by atoms with Gasteiger partial charge in [-0.3, -0.25) is 19.2 Å². The molecule has 3 amide bonds. The summed E-state index contributed by atoms with van der Waals surface area (Å²) in [7, 11) is 0. The molecular weight excluding hydrogens is 560 g/mol. The van der Waals surface area contributed by atoms with Crippen LogP contribution in [0.5, 0.6) is 5.75 Å². The molecule has 0 aromatic heterocycles. The van der Waals surface area contributed by atoms with Crippen LogP contribution in [0.1, 0.15) is 88.2 Å². The van der Waals surface area contributed by atoms with Gasteiger partial charge in [-0.05, 0) is 68.2 Å². The number of hydrogen-bond acceptors (Lipinski definition) is 7. The van der Waals surface area contributed by atoms with Crippen LogP contribution >= 0.6 is 0 Å². The van der Waals surface area contributed by atoms with Gasteiger partial charge in [-0.1, -0.05) is 55.0 Å². The number of benzene rings is 2. The number of allylic oxidation sites excluding steroid dienone is 2. The smallest absolute Gasteiger partial charge is 0.306 e. The zero-order valence-corrected chi connectivity index (χ0v) is 25.1. The summed E-state index contributed by atoms with van der Waals surface area (Å²) in [5.74, 6) is -0.497. The number of para-hydroxylation sites is 2. The lowest BCUT2D eigenvalue weighted by Crippen LogP contribution is -2.45. The van der Waals surface area contributed by atoms with E-state index in [9.17, 15) is 24.3 Å². The second kappa shape index (κ2) is 17.0. The molecule has 0 bridgehead atoms. The minimum atomic E-state index is -0.264. The highest BCUT2D eigenvalue weighted by Gasteiger charge is 2.37. The maximum Gasteiger partial charge on any atom is 0.306 e. The normalized spacial score (nSPS) is 19.9. The third-order valence-electron chi connectivity index (χ3n) is 7.85. The number of aromatic hydroxyl groups is 1. The molecule has 10 nitrogen and oxygen atoms in total. The number of nitrogens with zero attached hydrogens (tertiary/aromatic N) is 2. The Labute approximate surface area is 258 Å². The van der Waals surface area contributed by atoms with E-state index in [0.29, 0.717) is 70.0 Å². The summed E-state index contributed by atoms with van der Waals surface area (Å²) in [6, 6.07) is 14.1. The molecule has 1 heterocycles. The fourth-order valence-electron chi connectivity index (χ4n) is 5.49. The van der Waals surface area contributed by atoms with Crippen molar-refractivity contribution in [2.45, 2.75) is 95.7 Å². The average Bonchev–Trinajstić information content (AvgIpc) is 3.46. The van der Waals surface area contributed by atoms with Gasteiger partial charge in [-0.15, -0.1) is 0 Å². The predicted octanol–water partition coefficient (Wildman–Crippen LogP) is 5.35. The van der Waals surface area contributed by atoms with Gasteiger partial charge in [0.25, 0.3) is 0 Å². The van der Waals surface area contributed by atoms with Crippen LogP contribution in [0.3, 0.4) is 0 Å². The van der Waals surface area contributed by atoms with Crippen molar-refractivity contribution >= 4 is 35.6 Å². The zero-order chi connectivity index (χ0) is 31.1. The van der Waals surface area contributed by atoms with E-state index < -0.39 is 0 Å². The molecule has 2 atom stereocenters. The van der Waals surface area contributed by atoms with Gasteiger partial charge in [0.05, 0.1) is 17.9 Å². The molecule has 1 fully saturated rings. The second-order valence-electron chi connectivity index (χ2n) is 11.3. The number of nitrogens with one attached hydrogen (secondary N) is 2. The number of amides is 3. The Morgan fingerprint density at radius 3 is 2.43 bits per heavy atom. The van der Waals surface area contributed by atoms with Crippen molar-refractivity contribution in [1.29, 1.82) is 0 Å². The van der Waals surface area contributed by atoms with Crippen molar-refractivity contribution < 1.29 is 29.0 Å². The van der Waals surface area contributed by atoms with E-state index in [0.717, 1.165) is 30.4 Å². The summed E-state index contributed by atoms with van der Waals surface area (Å²) in [5, 5.41) is 16.5. The van der Waals surface area contributed by atoms with Crippen LogP contribution in [-0.2, 0) is 30.5 Å². The Balaban J connectivity index is 1.19. The Kier molecular flexibility index (Phi) is 12.5. The van der Waals surface area contributed by atoms with E-state index in [4.69, 9.17) is 4.74 Å². The zero-order valence-electron chi connectivity index (χ0n) is 25.1. The molecular formula is C34H42N4O6. The average molecular weight is 603 g/mol. The number of hydrazone groups is 1. The van der Waals surface area contributed by atoms with Gasteiger partial charge < -0.3 is 20.1 Å². The van der Waals surface area contributed by atoms with Crippen molar-refractivity contribution in [2.24, 2.45) is 5.10 Å². The second-order valence-corrected chi connectivity index (χ2v) is 11.3. The van der Waals surface area contributed by atoms with Gasteiger partial charge in [-0.25, -0.2) is 5.43 Å². The monoisotopic (exact) mass is 602 g/mol. The van der Waals surface area contributed by atoms with Crippen molar-refractivity contribution in [3.63, 3.8) is 0 Å². The number of fused-ring (bicyclic) bond motifs is 1. The van der Waals surface area contributed by atoms with Crippen molar-refractivity contribution in [3.8, 4) is 5.75 Å². The van der Waals surface area contributed by atoms with E-state index in [1.807, 2.05) is 41.3 Å². The van der Waals surface area contributed by atoms with Gasteiger partial charge in [0, 0.05) is 32.2 Å². The minimum absolute atomic E-state index is 0.0279. The molecule has 0 spiro atoms. The number of phenolic OH excluding ortho intramolecular Hbond substituents is 1. The molecule has 0 saturated heterocycles. The first-order valence-corrected chi connectivity index (χ1v) is 15.5. The summed E-state index contributed by atoms with van der Waals surface area (Å²) in [4.78, 5) is 51.6. The maximum atomic E-state index is 13.2. The first kappa shape index (κ1) is 32.4. The van der Waals surface area contributed by atoms with Crippen LogP contribution in [0.25, 0.3) is 0 Å². The van der Waals surface area contributed by atoms with Crippen LogP contribution in [0.4, 0.5) is 5.69 Å². The number of esters is 1. The number of carbonyl (C=O) groups is 4. The molecule has 2 aromatic rings. The van der Waals surface area contributed by atoms with Crippen molar-refractivity contribution in [1.82, 2.24) is 10.3 Å². The Morgan fingerprint density at radius 2 is 1.66 bits per heavy atom. The molecule has 2 aliphatic rings. The Morgan fingerprint density at radius 1 is 0.932 bits per heavy atom. The molecule has 1 aliphatic heterocycles. The molecule has 10 heteroatoms. The molecule has 1 saturated carbocycles. The van der Waals surface area contributed by atoms with Crippen LogP contribution in [0.15, 0.2) is 65.8 Å². The molecule has 3 N–H and O–H groups in total. The lowest BCUT2D eigenvalue weighted by Gasteiger charge is -2.33. The van der Waals surface area contributed by atoms with Crippen molar-refractivity contribution in [3.05, 3.63) is 71.8 Å². The van der Waals surface area contributed by atoms with E-state index in [2.05, 4.69) is 15.8 Å². The highest BCUT2D eigenvalue weighted by molar-refractivity contribution is 5.92. The highest BCUT2D eigenvalue weighted by atomic mass is 16.5. The molecule has 234 valence electrons. The number of phenols is 1. The van der Waals surface area contributed by atoms with Gasteiger partial charge in [0.1, 0.15) is 11.9 Å². The van der Waals surface area contributed by atoms with Crippen LogP contribution < -0.4 is 10.7 Å². The molecule has 0 radical (unpaired) electrons. The van der Waals surface area contributed by atoms with Gasteiger partial charge >= 0.3 is 5.97 Å². The number of anilines is 1. The number of rotatable bonds is 11. The fraction of sp³-hybridized carbons (Fsp3) is 0.441. The quantitative estimate of drug-likeness (QED) is 0.0792. The molecule has 4 rings (SSSR count). The summed E-state index contributed by atoms with van der Waals surface area (Å²) >= 11 is 0. The molecule has 0 unspecified atom stereocenters. The molecule has 2 aromatic carbocycles. The summed E-state index contributed by atoms with van der Waals surface area (Å²) in [5.41, 5.74) is 4.70. The summed E-state index contributed by atoms with van der Waals surface area (Å²) in [6.07, 6.45) is 12.4. The summed E-state index contributed by atoms with van der Waals surface area (Å²) < 4.78 is 5.77. The van der Waals surface area contributed by atoms with E-state index in [1.54, 1.807) is 24.4 Å². The summed E-state index contributed by atoms with van der Waals surface area (Å²) in [6.45, 7) is 0.436. The third kappa shape index (κ3) is 10.4. The van der Waals surface area contributed by atoms with Crippen LogP contribution in [0, 0.1) is 0 Å². The number of unbranched alkanes of at least 4 members (excludes halogenated alkanes) is 2. The number of carbonyl (C=O) groups excluding carboxylic acids is 4. The third-order valence-corrected chi connectivity index (χ3v) is 7.85. The lowest BCUT2D eigenvalue weighted by atomic mass is 10.1. The Bertz CT molecular complexity index is 1340. The van der Waals surface area contributed by atoms with Crippen LogP contribution in [0.2, 0.25) is 0 Å². The van der Waals surface area contributed by atoms with E-state index in [1.165, 1.54) is 6.07 Å². The first-order valence-electron chi connectivity index (χ1n) is 15.5. The SMILES string of the molecule is O=C(CCCCCC(=O)Nc1ccccc1O)N/N=C/c1ccc(CN2C(=O)CC/C=C/CCC(=O)O[C@H]3CCC[C@@H]32)cc1. The number of hydrogen-bond donors (Lipinski definition) is 3. The standard InChI is InChI=1S/C34H42N4O6/c39-29-13-9-8-11-27(29)36-31(40)15-4-3-5-16-32(41)37-35-23-25-19-21-26(22-20-25)24-38-28-12-10-14-30(28)44-34(43)18-7-2-1-6-17-33(38)42/h1-2,8-9,11,13,19-23,28,30,39H,3-7,10,12,14-18,24H2,(H,36,40)(H,37,41)/b2-1+,35-23+/t28-,30-/m0/s1. The fourth-order valence-corrected chi connectivity index (χ4v) is 5.49. The van der Waals surface area contributed by atoms with Gasteiger partial charge in [0.2, 0.25) is 17.7 Å². The van der Waals surface area contributed by atoms with Gasteiger partial charge in [-0.2, -0.15) is 5.10 Å². The largest absolute Gasteiger partial charge is 0.506 e. The first-order chi connectivity index (χ1) is 21.4. The predicted molar refractivity (Wildman–Crippen MR) is 168 cm³/mol. The van der Waals surface area contributed by atoms with E-state index >= 15 is 0 Å². The highest BCUT2D eigenvalue weighted by Crippen LogP contribution is 2.30. The van der Waals surface area contributed by atoms with Gasteiger partial charge in [0.15, 0.2) is 0 Å². The minimum Gasteiger partial charge on any atom is -0.506 e. The Hall–Kier alpha value is -4.47. The molecule has 1 aliphatic carbocycles.